The Morgan fingerprint density at radius 3 is 2.00 bits per heavy atom. The number of hydrogen-bond acceptors (Lipinski definition) is 7. The second-order valence-electron chi connectivity index (χ2n) is 11.8. The molecule has 1 aromatic heterocycles. The Morgan fingerprint density at radius 1 is 0.932 bits per heavy atom. The van der Waals surface area contributed by atoms with Crippen LogP contribution in [-0.2, 0) is 15.1 Å². The van der Waals surface area contributed by atoms with E-state index >= 15 is 0 Å². The van der Waals surface area contributed by atoms with Gasteiger partial charge in [-0.05, 0) is 60.2 Å². The van der Waals surface area contributed by atoms with E-state index in [1.807, 2.05) is 78.9 Å². The molecule has 0 saturated carbocycles. The highest BCUT2D eigenvalue weighted by Gasteiger charge is 2.51. The summed E-state index contributed by atoms with van der Waals surface area (Å²) in [7, 11) is 3.25. The predicted molar refractivity (Wildman–Crippen MR) is 167 cm³/mol. The number of ether oxygens (including phenoxy) is 4. The molecule has 0 bridgehead atoms. The van der Waals surface area contributed by atoms with E-state index in [-0.39, 0.29) is 18.9 Å². The van der Waals surface area contributed by atoms with Crippen molar-refractivity contribution < 1.29 is 24.1 Å². The summed E-state index contributed by atoms with van der Waals surface area (Å²) < 4.78 is 26.0. The van der Waals surface area contributed by atoms with Crippen LogP contribution in [0.3, 0.4) is 0 Å². The third kappa shape index (κ3) is 5.95. The Balaban J connectivity index is 1.63. The molecular weight excluding hydrogens is 560 g/mol. The molecule has 1 aliphatic rings. The first-order valence-electron chi connectivity index (χ1n) is 14.8. The minimum atomic E-state index is -1.15. The molecule has 9 heteroatoms. The fourth-order valence-corrected chi connectivity index (χ4v) is 6.14. The minimum absolute atomic E-state index is 0.00683. The van der Waals surface area contributed by atoms with Gasteiger partial charge in [0.2, 0.25) is 0 Å². The van der Waals surface area contributed by atoms with Gasteiger partial charge in [-0.25, -0.2) is 4.79 Å². The first kappa shape index (κ1) is 31.3. The molecule has 44 heavy (non-hydrogen) atoms. The number of aliphatic hydroxyl groups excluding tert-OH is 1. The van der Waals surface area contributed by atoms with Gasteiger partial charge >= 0.3 is 5.69 Å². The average Bonchev–Trinajstić information content (AvgIpc) is 3.34. The van der Waals surface area contributed by atoms with Gasteiger partial charge in [0.05, 0.1) is 26.9 Å². The van der Waals surface area contributed by atoms with E-state index in [1.54, 1.807) is 21.1 Å². The van der Waals surface area contributed by atoms with E-state index in [9.17, 15) is 14.7 Å². The molecule has 2 heterocycles. The largest absolute Gasteiger partial charge is 0.497 e. The lowest BCUT2D eigenvalue weighted by Gasteiger charge is -2.41. The first-order chi connectivity index (χ1) is 21.1. The highest BCUT2D eigenvalue weighted by molar-refractivity contribution is 5.49. The Morgan fingerprint density at radius 2 is 1.48 bits per heavy atom. The van der Waals surface area contributed by atoms with Gasteiger partial charge in [0.15, 0.2) is 0 Å². The van der Waals surface area contributed by atoms with Crippen LogP contribution in [0.2, 0.25) is 0 Å². The molecule has 0 unspecified atom stereocenters. The smallest absolute Gasteiger partial charge is 0.330 e. The molecule has 0 spiro atoms. The number of rotatable bonds is 11. The van der Waals surface area contributed by atoms with Gasteiger partial charge in [0.25, 0.3) is 5.56 Å². The second kappa shape index (κ2) is 12.8. The number of nitrogens with one attached hydrogen (secondary N) is 1. The number of H-pyrrole nitrogens is 1. The van der Waals surface area contributed by atoms with Crippen molar-refractivity contribution in [1.82, 2.24) is 9.55 Å². The summed E-state index contributed by atoms with van der Waals surface area (Å²) in [6.45, 7) is 5.74. The van der Waals surface area contributed by atoms with Gasteiger partial charge in [-0.1, -0.05) is 68.4 Å². The maximum atomic E-state index is 12.8. The summed E-state index contributed by atoms with van der Waals surface area (Å²) in [6.07, 6.45) is 0.370. The lowest BCUT2D eigenvalue weighted by atomic mass is 9.79. The van der Waals surface area contributed by atoms with Crippen molar-refractivity contribution in [2.24, 2.45) is 5.92 Å². The van der Waals surface area contributed by atoms with E-state index in [4.69, 9.17) is 18.9 Å². The molecule has 5 rings (SSSR count). The molecule has 0 radical (unpaired) electrons. The molecule has 232 valence electrons. The van der Waals surface area contributed by atoms with Crippen LogP contribution in [0.1, 0.15) is 55.2 Å². The zero-order valence-corrected chi connectivity index (χ0v) is 25.8. The number of aromatic amines is 1. The summed E-state index contributed by atoms with van der Waals surface area (Å²) >= 11 is 0. The lowest BCUT2D eigenvalue weighted by Crippen LogP contribution is -2.48. The maximum Gasteiger partial charge on any atom is 0.330 e. The fourth-order valence-electron chi connectivity index (χ4n) is 6.14. The van der Waals surface area contributed by atoms with Crippen molar-refractivity contribution >= 4 is 0 Å². The molecule has 1 saturated heterocycles. The predicted octanol–water partition coefficient (Wildman–Crippen LogP) is 4.94. The van der Waals surface area contributed by atoms with E-state index < -0.39 is 34.8 Å². The number of hydrogen-bond donors (Lipinski definition) is 2. The normalized spacial score (nSPS) is 20.2. The molecule has 2 N–H and O–H groups in total. The lowest BCUT2D eigenvalue weighted by molar-refractivity contribution is -0.168. The maximum absolute atomic E-state index is 12.8. The molecule has 1 aliphatic heterocycles. The second-order valence-corrected chi connectivity index (χ2v) is 11.8. The zero-order valence-electron chi connectivity index (χ0n) is 25.8. The Labute approximate surface area is 257 Å². The number of nitrogens with zero attached hydrogens (tertiary/aromatic N) is 1. The van der Waals surface area contributed by atoms with Gasteiger partial charge < -0.3 is 24.1 Å². The molecule has 0 amide bonds. The monoisotopic (exact) mass is 600 g/mol. The summed E-state index contributed by atoms with van der Waals surface area (Å²) in [6, 6.07) is 25.4. The van der Waals surface area contributed by atoms with Gasteiger partial charge in [-0.2, -0.15) is 0 Å². The van der Waals surface area contributed by atoms with E-state index in [0.717, 1.165) is 16.7 Å². The number of aliphatic hydroxyl groups is 1. The van der Waals surface area contributed by atoms with Crippen molar-refractivity contribution in [3.63, 3.8) is 0 Å². The molecule has 0 aliphatic carbocycles. The summed E-state index contributed by atoms with van der Waals surface area (Å²) in [5, 5.41) is 11.7. The SMILES string of the molecule is COc1ccc(C(OC[C@@]2(CC(C)C)O[C@@H](n3cc(C)c(=O)[nH]c3=O)C[C@@H]2O)(c2ccccc2)c2ccc(OC)cc2)cc1. The molecule has 9 nitrogen and oxygen atoms in total. The molecular formula is C35H40N2O7. The highest BCUT2D eigenvalue weighted by atomic mass is 16.6. The van der Waals surface area contributed by atoms with E-state index in [2.05, 4.69) is 18.8 Å². The third-order valence-electron chi connectivity index (χ3n) is 8.32. The van der Waals surface area contributed by atoms with Crippen LogP contribution in [0.4, 0.5) is 0 Å². The van der Waals surface area contributed by atoms with Crippen LogP contribution in [0.5, 0.6) is 11.5 Å². The van der Waals surface area contributed by atoms with Crippen LogP contribution < -0.4 is 20.7 Å². The number of aryl methyl sites for hydroxylation is 1. The van der Waals surface area contributed by atoms with E-state index in [0.29, 0.717) is 23.5 Å². The van der Waals surface area contributed by atoms with Crippen LogP contribution >= 0.6 is 0 Å². The molecule has 3 atom stereocenters. The third-order valence-corrected chi connectivity index (χ3v) is 8.32. The van der Waals surface area contributed by atoms with Crippen LogP contribution in [-0.4, -0.2) is 47.2 Å². The van der Waals surface area contributed by atoms with E-state index in [1.165, 1.54) is 10.8 Å². The molecule has 4 aromatic rings. The van der Waals surface area contributed by atoms with Crippen LogP contribution in [0, 0.1) is 12.8 Å². The van der Waals surface area contributed by atoms with Gasteiger partial charge in [-0.3, -0.25) is 14.3 Å². The summed E-state index contributed by atoms with van der Waals surface area (Å²) in [4.78, 5) is 27.2. The minimum Gasteiger partial charge on any atom is -0.497 e. The average molecular weight is 601 g/mol. The molecule has 3 aromatic carbocycles. The quantitative estimate of drug-likeness (QED) is 0.235. The Kier molecular flexibility index (Phi) is 9.10. The van der Waals surface area contributed by atoms with Crippen molar-refractivity contribution in [2.45, 2.75) is 57.1 Å². The standard InChI is InChI=1S/C35H40N2O7/c1-23(2)20-34(30(38)19-31(44-34)37-21-24(3)32(39)36-33(37)40)22-43-35(25-9-7-6-8-10-25,26-11-15-28(41-4)16-12-26)27-13-17-29(42-5)18-14-27/h6-18,21,23,30-31,38H,19-20,22H2,1-5H3,(H,36,39,40)/t30-,31+,34+/m0/s1. The van der Waals surface area contributed by atoms with Crippen molar-refractivity contribution in [2.75, 3.05) is 20.8 Å². The molecule has 1 fully saturated rings. The summed E-state index contributed by atoms with van der Waals surface area (Å²) in [5.74, 6) is 1.55. The number of methoxy groups -OCH3 is 2. The van der Waals surface area contributed by atoms with Crippen molar-refractivity contribution in [1.29, 1.82) is 0 Å². The first-order valence-corrected chi connectivity index (χ1v) is 14.8. The highest BCUT2D eigenvalue weighted by Crippen LogP contribution is 2.46. The zero-order chi connectivity index (χ0) is 31.5. The van der Waals surface area contributed by atoms with Crippen LogP contribution in [0.15, 0.2) is 94.6 Å². The Hall–Kier alpha value is -4.18. The van der Waals surface area contributed by atoms with Crippen molar-refractivity contribution in [3.8, 4) is 11.5 Å². The van der Waals surface area contributed by atoms with Crippen molar-refractivity contribution in [3.05, 3.63) is 128 Å². The number of aromatic nitrogens is 2. The van der Waals surface area contributed by atoms with Gasteiger partial charge in [0.1, 0.15) is 28.9 Å². The van der Waals surface area contributed by atoms with Gasteiger partial charge in [0, 0.05) is 18.2 Å². The Bertz CT molecular complexity index is 1620. The summed E-state index contributed by atoms with van der Waals surface area (Å²) in [5.41, 5.74) is -0.342. The van der Waals surface area contributed by atoms with Gasteiger partial charge in [-0.15, -0.1) is 0 Å². The number of benzene rings is 3. The topological polar surface area (TPSA) is 112 Å². The fraction of sp³-hybridized carbons (Fsp3) is 0.371. The van der Waals surface area contributed by atoms with Crippen LogP contribution in [0.25, 0.3) is 0 Å².